The van der Waals surface area contributed by atoms with Crippen LogP contribution in [0.15, 0.2) is 73.4 Å². The minimum absolute atomic E-state index is 0.0148. The fourth-order valence-corrected chi connectivity index (χ4v) is 5.68. The van der Waals surface area contributed by atoms with Crippen molar-refractivity contribution in [1.82, 2.24) is 29.7 Å². The number of carbonyl (C=O) groups excluding carboxylic acids is 1. The summed E-state index contributed by atoms with van der Waals surface area (Å²) in [5, 5.41) is 3.11. The zero-order valence-corrected chi connectivity index (χ0v) is 23.7. The van der Waals surface area contributed by atoms with Gasteiger partial charge in [0, 0.05) is 51.2 Å². The lowest BCUT2D eigenvalue weighted by Gasteiger charge is -2.42. The second-order valence-electron chi connectivity index (χ2n) is 10.7. The van der Waals surface area contributed by atoms with Crippen molar-refractivity contribution in [3.63, 3.8) is 0 Å². The molecule has 3 aliphatic heterocycles. The summed E-state index contributed by atoms with van der Waals surface area (Å²) in [6, 6.07) is 15.4. The molecule has 3 aliphatic rings. The standard InChI is InChI=1S/C31H33N7O5/c39-29(33-9-7-22-5-6-24-27(17-22)41-16-15-40-24)18-23-19-36(20-30-42-25-3-1-2-4-26(25)43-30)13-14-38(23)28-8-10-34-31(35-28)37-12-11-32-21-37/h1-6,8,10-12,17,21,23,30H,7,9,13-16,18-20H2,(H,33,39). The third-order valence-electron chi connectivity index (χ3n) is 7.76. The Bertz CT molecular complexity index is 1540. The maximum Gasteiger partial charge on any atom is 0.254 e. The van der Waals surface area contributed by atoms with Crippen LogP contribution >= 0.6 is 0 Å². The number of ether oxygens (including phenoxy) is 4. The van der Waals surface area contributed by atoms with E-state index in [0.29, 0.717) is 58.2 Å². The number of benzene rings is 2. The monoisotopic (exact) mass is 583 g/mol. The summed E-state index contributed by atoms with van der Waals surface area (Å²) in [7, 11) is 0. The van der Waals surface area contributed by atoms with Gasteiger partial charge >= 0.3 is 0 Å². The van der Waals surface area contributed by atoms with E-state index in [4.69, 9.17) is 23.9 Å². The fraction of sp³-hybridized carbons (Fsp3) is 0.355. The van der Waals surface area contributed by atoms with Crippen molar-refractivity contribution in [3.8, 4) is 28.9 Å². The lowest BCUT2D eigenvalue weighted by atomic mass is 10.1. The average Bonchev–Trinajstić information content (AvgIpc) is 3.72. The minimum atomic E-state index is -0.392. The number of rotatable bonds is 9. The van der Waals surface area contributed by atoms with Crippen LogP contribution in [0, 0.1) is 0 Å². The molecule has 1 amide bonds. The highest BCUT2D eigenvalue weighted by Crippen LogP contribution is 2.34. The van der Waals surface area contributed by atoms with E-state index in [1.807, 2.05) is 54.7 Å². The maximum atomic E-state index is 13.3. The summed E-state index contributed by atoms with van der Waals surface area (Å²) in [6.45, 7) is 4.33. The van der Waals surface area contributed by atoms with Gasteiger partial charge in [-0.05, 0) is 42.3 Å². The number of amides is 1. The van der Waals surface area contributed by atoms with Gasteiger partial charge in [0.2, 0.25) is 11.9 Å². The summed E-state index contributed by atoms with van der Waals surface area (Å²) >= 11 is 0. The van der Waals surface area contributed by atoms with Gasteiger partial charge in [-0.1, -0.05) is 18.2 Å². The van der Waals surface area contributed by atoms with Crippen molar-refractivity contribution in [2.75, 3.05) is 50.8 Å². The van der Waals surface area contributed by atoms with Crippen molar-refractivity contribution in [3.05, 3.63) is 79.0 Å². The van der Waals surface area contributed by atoms with Crippen LogP contribution in [0.4, 0.5) is 5.82 Å². The SMILES string of the molecule is O=C(CC1CN(CC2Oc3ccccc3O2)CCN1c1ccnc(-n2ccnc2)n1)NCCc1ccc2c(c1)OCCO2. The summed E-state index contributed by atoms with van der Waals surface area (Å²) < 4.78 is 25.1. The minimum Gasteiger partial charge on any atom is -0.486 e. The molecular formula is C31H33N7O5. The van der Waals surface area contributed by atoms with Gasteiger partial charge in [0.25, 0.3) is 6.29 Å². The molecule has 5 heterocycles. The molecule has 7 rings (SSSR count). The van der Waals surface area contributed by atoms with Crippen molar-refractivity contribution in [2.24, 2.45) is 0 Å². The molecule has 0 spiro atoms. The first-order chi connectivity index (χ1) is 21.2. The summed E-state index contributed by atoms with van der Waals surface area (Å²) in [5.74, 6) is 4.32. The van der Waals surface area contributed by atoms with Crippen LogP contribution in [0.1, 0.15) is 12.0 Å². The molecule has 0 radical (unpaired) electrons. The third kappa shape index (κ3) is 6.19. The number of hydrogen-bond acceptors (Lipinski definition) is 10. The highest BCUT2D eigenvalue weighted by atomic mass is 16.7. The number of imidazole rings is 1. The molecule has 2 aromatic carbocycles. The topological polar surface area (TPSA) is 116 Å². The number of fused-ring (bicyclic) bond motifs is 2. The maximum absolute atomic E-state index is 13.3. The Labute approximate surface area is 249 Å². The van der Waals surface area contributed by atoms with Crippen LogP contribution in [0.2, 0.25) is 0 Å². The predicted molar refractivity (Wildman–Crippen MR) is 157 cm³/mol. The van der Waals surface area contributed by atoms with E-state index < -0.39 is 6.29 Å². The molecule has 43 heavy (non-hydrogen) atoms. The smallest absolute Gasteiger partial charge is 0.254 e. The first kappa shape index (κ1) is 27.0. The Morgan fingerprint density at radius 1 is 0.953 bits per heavy atom. The highest BCUT2D eigenvalue weighted by molar-refractivity contribution is 5.77. The average molecular weight is 584 g/mol. The fourth-order valence-electron chi connectivity index (χ4n) is 5.68. The summed E-state index contributed by atoms with van der Waals surface area (Å²) in [5.41, 5.74) is 1.08. The number of para-hydroxylation sites is 2. The Balaban J connectivity index is 1.01. The number of nitrogens with zero attached hydrogens (tertiary/aromatic N) is 6. The molecule has 222 valence electrons. The Morgan fingerprint density at radius 2 is 1.79 bits per heavy atom. The van der Waals surface area contributed by atoms with Crippen molar-refractivity contribution < 1.29 is 23.7 Å². The normalized spacial score (nSPS) is 18.0. The number of aromatic nitrogens is 4. The Kier molecular flexibility index (Phi) is 7.65. The highest BCUT2D eigenvalue weighted by Gasteiger charge is 2.33. The van der Waals surface area contributed by atoms with Gasteiger partial charge in [-0.25, -0.2) is 9.97 Å². The lowest BCUT2D eigenvalue weighted by Crippen LogP contribution is -2.56. The largest absolute Gasteiger partial charge is 0.486 e. The van der Waals surface area contributed by atoms with E-state index in [0.717, 1.165) is 40.9 Å². The molecule has 12 nitrogen and oxygen atoms in total. The van der Waals surface area contributed by atoms with Crippen LogP contribution in [0.3, 0.4) is 0 Å². The molecule has 1 atom stereocenters. The van der Waals surface area contributed by atoms with E-state index >= 15 is 0 Å². The van der Waals surface area contributed by atoms with Crippen molar-refractivity contribution in [2.45, 2.75) is 25.2 Å². The second-order valence-corrected chi connectivity index (χ2v) is 10.7. The van der Waals surface area contributed by atoms with E-state index in [-0.39, 0.29) is 11.9 Å². The quantitative estimate of drug-likeness (QED) is 0.315. The van der Waals surface area contributed by atoms with E-state index in [9.17, 15) is 4.79 Å². The van der Waals surface area contributed by atoms with Crippen LogP contribution < -0.4 is 29.2 Å². The molecule has 1 N–H and O–H groups in total. The predicted octanol–water partition coefficient (Wildman–Crippen LogP) is 2.47. The van der Waals surface area contributed by atoms with Crippen LogP contribution in [-0.2, 0) is 11.2 Å². The molecule has 12 heteroatoms. The van der Waals surface area contributed by atoms with Crippen molar-refractivity contribution in [1.29, 1.82) is 0 Å². The summed E-state index contributed by atoms with van der Waals surface area (Å²) in [6.07, 6.45) is 7.53. The molecule has 0 bridgehead atoms. The van der Waals surface area contributed by atoms with E-state index in [1.54, 1.807) is 23.3 Å². The second kappa shape index (κ2) is 12.2. The molecule has 2 aromatic heterocycles. The van der Waals surface area contributed by atoms with Gasteiger partial charge in [-0.3, -0.25) is 14.3 Å². The van der Waals surface area contributed by atoms with Gasteiger partial charge in [-0.15, -0.1) is 0 Å². The zero-order valence-electron chi connectivity index (χ0n) is 23.7. The molecule has 0 aliphatic carbocycles. The first-order valence-corrected chi connectivity index (χ1v) is 14.6. The number of piperazine rings is 1. The van der Waals surface area contributed by atoms with E-state index in [2.05, 4.69) is 25.1 Å². The number of nitrogens with one attached hydrogen (secondary N) is 1. The van der Waals surface area contributed by atoms with E-state index in [1.165, 1.54) is 0 Å². The molecular weight excluding hydrogens is 550 g/mol. The zero-order chi connectivity index (χ0) is 29.0. The van der Waals surface area contributed by atoms with Gasteiger partial charge < -0.3 is 29.2 Å². The Morgan fingerprint density at radius 3 is 2.60 bits per heavy atom. The molecule has 1 unspecified atom stereocenters. The molecule has 4 aromatic rings. The van der Waals surface area contributed by atoms with Gasteiger partial charge in [0.05, 0.1) is 12.6 Å². The first-order valence-electron chi connectivity index (χ1n) is 14.6. The van der Waals surface area contributed by atoms with Crippen LogP contribution in [-0.4, -0.2) is 88.6 Å². The lowest BCUT2D eigenvalue weighted by molar-refractivity contribution is -0.121. The third-order valence-corrected chi connectivity index (χ3v) is 7.76. The van der Waals surface area contributed by atoms with Crippen molar-refractivity contribution >= 4 is 11.7 Å². The molecule has 1 fully saturated rings. The molecule has 0 saturated carbocycles. The van der Waals surface area contributed by atoms with Crippen LogP contribution in [0.5, 0.6) is 23.0 Å². The summed E-state index contributed by atoms with van der Waals surface area (Å²) in [4.78, 5) is 31.1. The van der Waals surface area contributed by atoms with Gasteiger partial charge in [0.15, 0.2) is 23.0 Å². The van der Waals surface area contributed by atoms with Crippen LogP contribution in [0.25, 0.3) is 5.95 Å². The Hall–Kier alpha value is -4.84. The van der Waals surface area contributed by atoms with Gasteiger partial charge in [0.1, 0.15) is 25.4 Å². The van der Waals surface area contributed by atoms with Gasteiger partial charge in [-0.2, -0.15) is 4.98 Å². The molecule has 1 saturated heterocycles. The number of carbonyl (C=O) groups is 1. The number of hydrogen-bond donors (Lipinski definition) is 1. The number of anilines is 1.